The fourth-order valence-corrected chi connectivity index (χ4v) is 4.22. The van der Waals surface area contributed by atoms with Crippen LogP contribution in [0.1, 0.15) is 30.9 Å². The molecule has 0 spiro atoms. The monoisotopic (exact) mass is 370 g/mol. The third-order valence-corrected chi connectivity index (χ3v) is 5.65. The molecule has 4 nitrogen and oxygen atoms in total. The van der Waals surface area contributed by atoms with Gasteiger partial charge in [0.1, 0.15) is 10.6 Å². The summed E-state index contributed by atoms with van der Waals surface area (Å²) in [6, 6.07) is 16.3. The van der Waals surface area contributed by atoms with Crippen molar-refractivity contribution in [2.45, 2.75) is 31.6 Å². The molecule has 0 bridgehead atoms. The molecular formula is C21H22O4S. The minimum Gasteiger partial charge on any atom is -0.495 e. The van der Waals surface area contributed by atoms with E-state index in [9.17, 15) is 8.42 Å². The van der Waals surface area contributed by atoms with Crippen LogP contribution >= 0.6 is 0 Å². The normalized spacial score (nSPS) is 11.7. The van der Waals surface area contributed by atoms with E-state index in [4.69, 9.17) is 8.92 Å². The van der Waals surface area contributed by atoms with Crippen LogP contribution in [0.15, 0.2) is 59.5 Å². The first-order valence-corrected chi connectivity index (χ1v) is 9.85. The predicted octanol–water partition coefficient (Wildman–Crippen LogP) is 5.05. The standard InChI is InChI=1S/C21H22O4S/c1-14(2)18-13-21(20(24-4)12-15(18)3)26(22,23)25-19-11-7-9-16-8-5-6-10-17(16)19/h5-14H,1-4H3. The van der Waals surface area contributed by atoms with Crippen molar-refractivity contribution < 1.29 is 17.3 Å². The van der Waals surface area contributed by atoms with Crippen LogP contribution in [-0.2, 0) is 10.1 Å². The van der Waals surface area contributed by atoms with Crippen LogP contribution in [-0.4, -0.2) is 15.5 Å². The van der Waals surface area contributed by atoms with Gasteiger partial charge in [-0.15, -0.1) is 0 Å². The maximum absolute atomic E-state index is 13.0. The summed E-state index contributed by atoms with van der Waals surface area (Å²) >= 11 is 0. The van der Waals surface area contributed by atoms with Gasteiger partial charge in [-0.25, -0.2) is 0 Å². The Morgan fingerprint density at radius 1 is 0.923 bits per heavy atom. The summed E-state index contributed by atoms with van der Waals surface area (Å²) in [4.78, 5) is 0.0437. The third kappa shape index (κ3) is 3.40. The molecule has 5 heteroatoms. The number of hydrogen-bond donors (Lipinski definition) is 0. The molecular weight excluding hydrogens is 348 g/mol. The van der Waals surface area contributed by atoms with Gasteiger partial charge in [0, 0.05) is 5.39 Å². The van der Waals surface area contributed by atoms with Gasteiger partial charge in [0.2, 0.25) is 0 Å². The van der Waals surface area contributed by atoms with Crippen molar-refractivity contribution in [1.82, 2.24) is 0 Å². The second-order valence-corrected chi connectivity index (χ2v) is 8.04. The van der Waals surface area contributed by atoms with E-state index in [1.54, 1.807) is 24.3 Å². The minimum atomic E-state index is -4.05. The van der Waals surface area contributed by atoms with Crippen molar-refractivity contribution in [2.75, 3.05) is 7.11 Å². The summed E-state index contributed by atoms with van der Waals surface area (Å²) in [5.74, 6) is 0.774. The summed E-state index contributed by atoms with van der Waals surface area (Å²) in [5, 5.41) is 1.66. The molecule has 0 radical (unpaired) electrons. The Hall–Kier alpha value is -2.53. The van der Waals surface area contributed by atoms with Crippen molar-refractivity contribution in [1.29, 1.82) is 0 Å². The Kier molecular flexibility index (Phi) is 4.92. The lowest BCUT2D eigenvalue weighted by atomic mass is 9.98. The fourth-order valence-electron chi connectivity index (χ4n) is 3.09. The van der Waals surface area contributed by atoms with Crippen LogP contribution in [0, 0.1) is 6.92 Å². The first-order chi connectivity index (χ1) is 12.3. The molecule has 0 saturated heterocycles. The average Bonchev–Trinajstić information content (AvgIpc) is 2.61. The number of benzene rings is 3. The molecule has 3 aromatic rings. The molecule has 0 N–H and O–H groups in total. The minimum absolute atomic E-state index is 0.0437. The van der Waals surface area contributed by atoms with Crippen LogP contribution in [0.3, 0.4) is 0 Å². The molecule has 0 unspecified atom stereocenters. The Morgan fingerprint density at radius 3 is 2.31 bits per heavy atom. The number of ether oxygens (including phenoxy) is 1. The van der Waals surface area contributed by atoms with Gasteiger partial charge in [0.05, 0.1) is 7.11 Å². The highest BCUT2D eigenvalue weighted by molar-refractivity contribution is 7.87. The highest BCUT2D eigenvalue weighted by Crippen LogP contribution is 2.34. The quantitative estimate of drug-likeness (QED) is 0.590. The van der Waals surface area contributed by atoms with Crippen LogP contribution < -0.4 is 8.92 Å². The summed E-state index contributed by atoms with van der Waals surface area (Å²) in [5.41, 5.74) is 1.94. The summed E-state index contributed by atoms with van der Waals surface area (Å²) < 4.78 is 36.8. The molecule has 0 aliphatic carbocycles. The molecule has 0 aromatic heterocycles. The van der Waals surface area contributed by atoms with Crippen molar-refractivity contribution in [3.63, 3.8) is 0 Å². The fraction of sp³-hybridized carbons (Fsp3) is 0.238. The second-order valence-electron chi connectivity index (χ2n) is 6.53. The Morgan fingerprint density at radius 2 is 1.62 bits per heavy atom. The van der Waals surface area contributed by atoms with Crippen molar-refractivity contribution in [3.8, 4) is 11.5 Å². The predicted molar refractivity (Wildman–Crippen MR) is 104 cm³/mol. The van der Waals surface area contributed by atoms with Gasteiger partial charge in [-0.05, 0) is 47.6 Å². The van der Waals surface area contributed by atoms with Crippen LogP contribution in [0.25, 0.3) is 10.8 Å². The summed E-state index contributed by atoms with van der Waals surface area (Å²) in [6.07, 6.45) is 0. The summed E-state index contributed by atoms with van der Waals surface area (Å²) in [7, 11) is -2.59. The van der Waals surface area contributed by atoms with E-state index < -0.39 is 10.1 Å². The van der Waals surface area contributed by atoms with Crippen LogP contribution in [0.5, 0.6) is 11.5 Å². The van der Waals surface area contributed by atoms with Gasteiger partial charge in [-0.1, -0.05) is 50.2 Å². The molecule has 0 heterocycles. The Labute approximate surface area is 154 Å². The van der Waals surface area contributed by atoms with Crippen LogP contribution in [0.2, 0.25) is 0 Å². The van der Waals surface area contributed by atoms with E-state index in [2.05, 4.69) is 0 Å². The zero-order chi connectivity index (χ0) is 18.9. The lowest BCUT2D eigenvalue weighted by molar-refractivity contribution is 0.397. The molecule has 0 aliphatic rings. The van der Waals surface area contributed by atoms with Gasteiger partial charge < -0.3 is 8.92 Å². The third-order valence-electron chi connectivity index (χ3n) is 4.39. The van der Waals surface area contributed by atoms with E-state index in [0.29, 0.717) is 5.75 Å². The van der Waals surface area contributed by atoms with E-state index in [1.165, 1.54) is 7.11 Å². The molecule has 0 fully saturated rings. The largest absolute Gasteiger partial charge is 0.495 e. The molecule has 3 aromatic carbocycles. The number of methoxy groups -OCH3 is 1. The van der Waals surface area contributed by atoms with Crippen molar-refractivity contribution in [3.05, 3.63) is 65.7 Å². The lowest BCUT2D eigenvalue weighted by Crippen LogP contribution is -2.12. The van der Waals surface area contributed by atoms with Gasteiger partial charge in [0.25, 0.3) is 0 Å². The van der Waals surface area contributed by atoms with E-state index >= 15 is 0 Å². The van der Waals surface area contributed by atoms with E-state index in [0.717, 1.165) is 21.9 Å². The number of rotatable bonds is 5. The van der Waals surface area contributed by atoms with E-state index in [-0.39, 0.29) is 16.6 Å². The molecule has 0 atom stereocenters. The molecule has 0 aliphatic heterocycles. The second kappa shape index (κ2) is 7.00. The maximum Gasteiger partial charge on any atom is 0.342 e. The highest BCUT2D eigenvalue weighted by atomic mass is 32.2. The smallest absolute Gasteiger partial charge is 0.342 e. The topological polar surface area (TPSA) is 52.6 Å². The van der Waals surface area contributed by atoms with Crippen molar-refractivity contribution >= 4 is 20.9 Å². The molecule has 26 heavy (non-hydrogen) atoms. The van der Waals surface area contributed by atoms with E-state index in [1.807, 2.05) is 51.1 Å². The molecule has 136 valence electrons. The average molecular weight is 370 g/mol. The number of aryl methyl sites for hydroxylation is 1. The molecule has 0 saturated carbocycles. The Balaban J connectivity index is 2.12. The van der Waals surface area contributed by atoms with Crippen LogP contribution in [0.4, 0.5) is 0 Å². The van der Waals surface area contributed by atoms with Gasteiger partial charge in [-0.3, -0.25) is 0 Å². The summed E-state index contributed by atoms with van der Waals surface area (Å²) in [6.45, 7) is 5.99. The lowest BCUT2D eigenvalue weighted by Gasteiger charge is -2.16. The van der Waals surface area contributed by atoms with Crippen molar-refractivity contribution in [2.24, 2.45) is 0 Å². The van der Waals surface area contributed by atoms with Gasteiger partial charge >= 0.3 is 10.1 Å². The zero-order valence-electron chi connectivity index (χ0n) is 15.3. The zero-order valence-corrected chi connectivity index (χ0v) is 16.1. The SMILES string of the molecule is COc1cc(C)c(C(C)C)cc1S(=O)(=O)Oc1cccc2ccccc12. The first kappa shape index (κ1) is 18.3. The molecule has 0 amide bonds. The Bertz CT molecular complexity index is 1050. The number of fused-ring (bicyclic) bond motifs is 1. The molecule has 3 rings (SSSR count). The first-order valence-electron chi connectivity index (χ1n) is 8.44. The van der Waals surface area contributed by atoms with Gasteiger partial charge in [-0.2, -0.15) is 8.42 Å². The maximum atomic E-state index is 13.0. The number of hydrogen-bond acceptors (Lipinski definition) is 4. The van der Waals surface area contributed by atoms with Gasteiger partial charge in [0.15, 0.2) is 5.75 Å². The highest BCUT2D eigenvalue weighted by Gasteiger charge is 2.25.